The first-order valence-corrected chi connectivity index (χ1v) is 11.9. The van der Waals surface area contributed by atoms with Gasteiger partial charge in [0.2, 0.25) is 21.8 Å². The molecule has 0 radical (unpaired) electrons. The van der Waals surface area contributed by atoms with Gasteiger partial charge in [-0.3, -0.25) is 9.59 Å². The van der Waals surface area contributed by atoms with Crippen molar-refractivity contribution >= 4 is 21.8 Å². The molecule has 0 N–H and O–H groups in total. The maximum absolute atomic E-state index is 13.5. The van der Waals surface area contributed by atoms with E-state index in [1.807, 2.05) is 20.8 Å². The number of piperidine rings is 1. The van der Waals surface area contributed by atoms with Gasteiger partial charge in [0.25, 0.3) is 0 Å². The number of halogens is 2. The van der Waals surface area contributed by atoms with Crippen molar-refractivity contribution in [2.45, 2.75) is 38.5 Å². The molecule has 172 valence electrons. The zero-order valence-electron chi connectivity index (χ0n) is 18.1. The summed E-state index contributed by atoms with van der Waals surface area (Å²) in [5.41, 5.74) is -0.509. The summed E-state index contributed by atoms with van der Waals surface area (Å²) in [6, 6.07) is 2.49. The number of hydrogen-bond donors (Lipinski definition) is 0. The molecule has 0 bridgehead atoms. The Balaban J connectivity index is 1.62. The van der Waals surface area contributed by atoms with E-state index < -0.39 is 27.1 Å². The maximum atomic E-state index is 13.5. The molecule has 1 unspecified atom stereocenters. The average Bonchev–Trinajstić information content (AvgIpc) is 2.74. The van der Waals surface area contributed by atoms with Crippen molar-refractivity contribution in [3.8, 4) is 0 Å². The van der Waals surface area contributed by atoms with Gasteiger partial charge in [-0.05, 0) is 31.0 Å². The van der Waals surface area contributed by atoms with E-state index >= 15 is 0 Å². The van der Waals surface area contributed by atoms with Gasteiger partial charge in [-0.15, -0.1) is 0 Å². The Morgan fingerprint density at radius 2 is 1.61 bits per heavy atom. The van der Waals surface area contributed by atoms with Crippen molar-refractivity contribution < 1.29 is 26.8 Å². The number of piperazine rings is 1. The fourth-order valence-corrected chi connectivity index (χ4v) is 5.47. The average molecular weight is 458 g/mol. The van der Waals surface area contributed by atoms with Gasteiger partial charge < -0.3 is 9.80 Å². The summed E-state index contributed by atoms with van der Waals surface area (Å²) < 4.78 is 53.3. The lowest BCUT2D eigenvalue weighted by atomic mass is 9.90. The van der Waals surface area contributed by atoms with Crippen LogP contribution in [0, 0.1) is 23.0 Å². The van der Waals surface area contributed by atoms with E-state index in [0.29, 0.717) is 25.6 Å². The summed E-state index contributed by atoms with van der Waals surface area (Å²) >= 11 is 0. The molecular formula is C21H29F2N3O4S. The van der Waals surface area contributed by atoms with Crippen LogP contribution in [0.4, 0.5) is 8.78 Å². The smallest absolute Gasteiger partial charge is 0.243 e. The molecule has 0 aliphatic carbocycles. The lowest BCUT2D eigenvalue weighted by Crippen LogP contribution is -2.54. The van der Waals surface area contributed by atoms with Gasteiger partial charge in [-0.25, -0.2) is 17.2 Å². The second kappa shape index (κ2) is 8.82. The number of carbonyl (C=O) groups is 2. The van der Waals surface area contributed by atoms with E-state index in [4.69, 9.17) is 0 Å². The number of likely N-dealkylation sites (tertiary alicyclic amines) is 1. The molecular weight excluding hydrogens is 428 g/mol. The zero-order chi connectivity index (χ0) is 23.0. The summed E-state index contributed by atoms with van der Waals surface area (Å²) in [5, 5.41) is 0. The van der Waals surface area contributed by atoms with Crippen LogP contribution in [0.3, 0.4) is 0 Å². The normalized spacial score (nSPS) is 21.3. The third-order valence-corrected chi connectivity index (χ3v) is 7.67. The third kappa shape index (κ3) is 5.06. The van der Waals surface area contributed by atoms with E-state index in [1.54, 1.807) is 9.80 Å². The van der Waals surface area contributed by atoms with Gasteiger partial charge in [0, 0.05) is 44.7 Å². The third-order valence-electron chi connectivity index (χ3n) is 5.78. The standard InChI is InChI=1S/C21H29F2N3O4S/c1-21(2,3)20(28)25-8-4-5-15(14-25)19(27)24-9-11-26(12-10-24)31(29,30)16-6-7-17(22)18(23)13-16/h6-7,13,15H,4-5,8-12,14H2,1-3H3. The number of benzene rings is 1. The van der Waals surface area contributed by atoms with Crippen molar-refractivity contribution in [3.63, 3.8) is 0 Å². The molecule has 0 aromatic heterocycles. The minimum atomic E-state index is -3.98. The highest BCUT2D eigenvalue weighted by molar-refractivity contribution is 7.89. The van der Waals surface area contributed by atoms with Crippen molar-refractivity contribution in [2.75, 3.05) is 39.3 Å². The Kier molecular flexibility index (Phi) is 6.71. The quantitative estimate of drug-likeness (QED) is 0.696. The Morgan fingerprint density at radius 1 is 0.968 bits per heavy atom. The van der Waals surface area contributed by atoms with E-state index in [1.165, 1.54) is 4.31 Å². The summed E-state index contributed by atoms with van der Waals surface area (Å²) in [6.45, 7) is 7.16. The maximum Gasteiger partial charge on any atom is 0.243 e. The number of hydrogen-bond acceptors (Lipinski definition) is 4. The number of nitrogens with zero attached hydrogens (tertiary/aromatic N) is 3. The van der Waals surface area contributed by atoms with Crippen molar-refractivity contribution in [1.82, 2.24) is 14.1 Å². The monoisotopic (exact) mass is 457 g/mol. The van der Waals surface area contributed by atoms with Gasteiger partial charge in [0.05, 0.1) is 10.8 Å². The fraction of sp³-hybridized carbons (Fsp3) is 0.619. The topological polar surface area (TPSA) is 78.0 Å². The van der Waals surface area contributed by atoms with Crippen LogP contribution >= 0.6 is 0 Å². The summed E-state index contributed by atoms with van der Waals surface area (Å²) in [4.78, 5) is 28.7. The lowest BCUT2D eigenvalue weighted by molar-refractivity contribution is -0.145. The molecule has 2 aliphatic heterocycles. The highest BCUT2D eigenvalue weighted by Gasteiger charge is 2.37. The van der Waals surface area contributed by atoms with Crippen LogP contribution in [0.15, 0.2) is 23.1 Å². The van der Waals surface area contributed by atoms with Gasteiger partial charge >= 0.3 is 0 Å². The van der Waals surface area contributed by atoms with E-state index in [-0.39, 0.29) is 48.8 Å². The number of carbonyl (C=O) groups excluding carboxylic acids is 2. The highest BCUT2D eigenvalue weighted by Crippen LogP contribution is 2.26. The van der Waals surface area contributed by atoms with Gasteiger partial charge in [-0.2, -0.15) is 4.31 Å². The zero-order valence-corrected chi connectivity index (χ0v) is 18.9. The van der Waals surface area contributed by atoms with Crippen LogP contribution in [0.5, 0.6) is 0 Å². The molecule has 2 fully saturated rings. The van der Waals surface area contributed by atoms with Crippen LogP contribution in [-0.4, -0.2) is 73.6 Å². The van der Waals surface area contributed by atoms with Crippen LogP contribution in [-0.2, 0) is 19.6 Å². The second-order valence-corrected chi connectivity index (χ2v) is 11.1. The van der Waals surface area contributed by atoms with Gasteiger partial charge in [0.1, 0.15) is 0 Å². The van der Waals surface area contributed by atoms with Crippen LogP contribution < -0.4 is 0 Å². The second-order valence-electron chi connectivity index (χ2n) is 9.15. The number of amides is 2. The van der Waals surface area contributed by atoms with Crippen molar-refractivity contribution in [1.29, 1.82) is 0 Å². The van der Waals surface area contributed by atoms with Gasteiger partial charge in [0.15, 0.2) is 11.6 Å². The predicted octanol–water partition coefficient (Wildman–Crippen LogP) is 2.08. The first-order chi connectivity index (χ1) is 14.4. The van der Waals surface area contributed by atoms with E-state index in [0.717, 1.165) is 18.6 Å². The molecule has 2 aliphatic rings. The molecule has 1 aromatic carbocycles. The molecule has 0 spiro atoms. The van der Waals surface area contributed by atoms with Crippen molar-refractivity contribution in [2.24, 2.45) is 11.3 Å². The van der Waals surface area contributed by atoms with Crippen LogP contribution in [0.2, 0.25) is 0 Å². The highest BCUT2D eigenvalue weighted by atomic mass is 32.2. The first kappa shape index (κ1) is 23.6. The molecule has 3 rings (SSSR count). The Labute approximate surface area is 182 Å². The molecule has 1 atom stereocenters. The molecule has 2 amide bonds. The molecule has 2 saturated heterocycles. The summed E-state index contributed by atoms with van der Waals surface area (Å²) in [5.74, 6) is -2.68. The Morgan fingerprint density at radius 3 is 2.19 bits per heavy atom. The number of sulfonamides is 1. The summed E-state index contributed by atoms with van der Waals surface area (Å²) in [7, 11) is -3.98. The Hall–Kier alpha value is -2.07. The summed E-state index contributed by atoms with van der Waals surface area (Å²) in [6.07, 6.45) is 1.45. The largest absolute Gasteiger partial charge is 0.341 e. The number of rotatable bonds is 3. The van der Waals surface area contributed by atoms with Crippen LogP contribution in [0.25, 0.3) is 0 Å². The molecule has 1 aromatic rings. The minimum absolute atomic E-state index is 0.0208. The van der Waals surface area contributed by atoms with Crippen LogP contribution in [0.1, 0.15) is 33.6 Å². The minimum Gasteiger partial charge on any atom is -0.341 e. The van der Waals surface area contributed by atoms with Gasteiger partial charge in [-0.1, -0.05) is 20.8 Å². The first-order valence-electron chi connectivity index (χ1n) is 10.4. The van der Waals surface area contributed by atoms with Crippen molar-refractivity contribution in [3.05, 3.63) is 29.8 Å². The van der Waals surface area contributed by atoms with E-state index in [9.17, 15) is 26.8 Å². The molecule has 31 heavy (non-hydrogen) atoms. The molecule has 0 saturated carbocycles. The molecule has 10 heteroatoms. The van der Waals surface area contributed by atoms with E-state index in [2.05, 4.69) is 0 Å². The fourth-order valence-electron chi connectivity index (χ4n) is 4.03. The predicted molar refractivity (Wildman–Crippen MR) is 110 cm³/mol. The lowest BCUT2D eigenvalue weighted by Gasteiger charge is -2.39. The molecule has 7 nitrogen and oxygen atoms in total. The molecule has 2 heterocycles. The SMILES string of the molecule is CC(C)(C)C(=O)N1CCCC(C(=O)N2CCN(S(=O)(=O)c3ccc(F)c(F)c3)CC2)C1. The Bertz CT molecular complexity index is 954.